The van der Waals surface area contributed by atoms with E-state index in [2.05, 4.69) is 32.0 Å². The van der Waals surface area contributed by atoms with E-state index in [1.807, 2.05) is 30.0 Å². The Morgan fingerprint density at radius 1 is 0.981 bits per heavy atom. The summed E-state index contributed by atoms with van der Waals surface area (Å²) in [5.74, 6) is 0.0413. The number of benzene rings is 3. The number of hydrogen-bond acceptors (Lipinski definition) is 9. The summed E-state index contributed by atoms with van der Waals surface area (Å²) in [5.41, 5.74) is 3.00. The van der Waals surface area contributed by atoms with Gasteiger partial charge in [-0.3, -0.25) is 14.4 Å². The van der Waals surface area contributed by atoms with Crippen LogP contribution in [0, 0.1) is 6.92 Å². The summed E-state index contributed by atoms with van der Waals surface area (Å²) in [4.78, 5) is 52.2. The number of likely N-dealkylation sites (N-methyl/N-ethyl adjacent to an activating group) is 1. The summed E-state index contributed by atoms with van der Waals surface area (Å²) in [6, 6.07) is 15.1. The maximum atomic E-state index is 13.7. The molecular formula is C35H46Cl2N8O7S. The van der Waals surface area contributed by atoms with E-state index in [9.17, 15) is 22.8 Å². The fourth-order valence-corrected chi connectivity index (χ4v) is 6.15. The average molecular weight is 794 g/mol. The number of halogens is 2. The van der Waals surface area contributed by atoms with Gasteiger partial charge in [0.25, 0.3) is 22.0 Å². The molecule has 288 valence electrons. The van der Waals surface area contributed by atoms with Gasteiger partial charge in [-0.2, -0.15) is 8.42 Å². The van der Waals surface area contributed by atoms with Crippen molar-refractivity contribution in [3.63, 3.8) is 0 Å². The summed E-state index contributed by atoms with van der Waals surface area (Å²) < 4.78 is 36.6. The van der Waals surface area contributed by atoms with Gasteiger partial charge < -0.3 is 34.5 Å². The number of anilines is 3. The van der Waals surface area contributed by atoms with Crippen LogP contribution in [0.2, 0.25) is 0 Å². The van der Waals surface area contributed by atoms with E-state index in [0.717, 1.165) is 51.0 Å². The minimum Gasteiger partial charge on any atom is -0.495 e. The smallest absolute Gasteiger partial charge is 0.298 e. The third-order valence-corrected chi connectivity index (χ3v) is 9.10. The van der Waals surface area contributed by atoms with E-state index >= 15 is 0 Å². The maximum absolute atomic E-state index is 13.7. The van der Waals surface area contributed by atoms with Gasteiger partial charge >= 0.3 is 0 Å². The highest BCUT2D eigenvalue weighted by Crippen LogP contribution is 2.32. The SMILES string of the molecule is COc1cc(C(=O)N(C)c2ccc(C)cc2OCCCCCC(=O)N2CCN(C)CC2)ccc1NC(=O)c1cccc2[nH]c(NS(N)(=O)=O)nc12.Cl.Cl. The third kappa shape index (κ3) is 11.2. The molecule has 0 radical (unpaired) electrons. The second-order valence-electron chi connectivity index (χ2n) is 12.5. The van der Waals surface area contributed by atoms with Crippen LogP contribution in [-0.2, 0) is 15.0 Å². The van der Waals surface area contributed by atoms with Crippen LogP contribution in [0.15, 0.2) is 54.6 Å². The molecule has 0 unspecified atom stereocenters. The lowest BCUT2D eigenvalue weighted by molar-refractivity contribution is -0.132. The molecule has 3 amide bonds. The quantitative estimate of drug-likeness (QED) is 0.132. The number of nitrogens with one attached hydrogen (secondary N) is 3. The Hall–Kier alpha value is -4.61. The number of carbonyl (C=O) groups excluding carboxylic acids is 3. The second kappa shape index (κ2) is 18.9. The molecule has 0 atom stereocenters. The fourth-order valence-electron chi connectivity index (χ4n) is 5.78. The first-order valence-electron chi connectivity index (χ1n) is 16.6. The number of hydrogen-bond donors (Lipinski definition) is 4. The number of imidazole rings is 1. The summed E-state index contributed by atoms with van der Waals surface area (Å²) >= 11 is 0. The summed E-state index contributed by atoms with van der Waals surface area (Å²) in [6.07, 6.45) is 2.95. The van der Waals surface area contributed by atoms with Crippen molar-refractivity contribution in [3.05, 3.63) is 71.3 Å². The molecule has 0 bridgehead atoms. The first-order chi connectivity index (χ1) is 24.3. The Labute approximate surface area is 321 Å². The van der Waals surface area contributed by atoms with E-state index < -0.39 is 16.1 Å². The molecule has 4 aromatic rings. The Morgan fingerprint density at radius 2 is 1.72 bits per heavy atom. The van der Waals surface area contributed by atoms with Crippen LogP contribution in [0.1, 0.15) is 52.0 Å². The Bertz CT molecular complexity index is 2020. The van der Waals surface area contributed by atoms with Crippen LogP contribution >= 0.6 is 24.8 Å². The zero-order valence-corrected chi connectivity index (χ0v) is 32.5. The second-order valence-corrected chi connectivity index (χ2v) is 13.8. The largest absolute Gasteiger partial charge is 0.495 e. The van der Waals surface area contributed by atoms with Gasteiger partial charge in [-0.15, -0.1) is 24.8 Å². The molecule has 5 rings (SSSR count). The zero-order valence-electron chi connectivity index (χ0n) is 30.0. The highest BCUT2D eigenvalue weighted by molar-refractivity contribution is 7.90. The number of nitrogens with two attached hydrogens (primary N) is 1. The predicted octanol–water partition coefficient (Wildman–Crippen LogP) is 4.58. The average Bonchev–Trinajstić information content (AvgIpc) is 3.50. The molecule has 18 heteroatoms. The maximum Gasteiger partial charge on any atom is 0.298 e. The molecule has 2 heterocycles. The molecule has 1 fully saturated rings. The molecular weight excluding hydrogens is 747 g/mol. The lowest BCUT2D eigenvalue weighted by atomic mass is 10.1. The highest BCUT2D eigenvalue weighted by atomic mass is 35.5. The van der Waals surface area contributed by atoms with Gasteiger partial charge in [0.2, 0.25) is 11.9 Å². The summed E-state index contributed by atoms with van der Waals surface area (Å²) in [6.45, 7) is 5.78. The topological polar surface area (TPSA) is 192 Å². The van der Waals surface area contributed by atoms with Gasteiger partial charge in [-0.1, -0.05) is 12.1 Å². The molecule has 1 saturated heterocycles. The molecule has 53 heavy (non-hydrogen) atoms. The van der Waals surface area contributed by atoms with Crippen LogP contribution in [0.25, 0.3) is 11.0 Å². The van der Waals surface area contributed by atoms with Crippen molar-refractivity contribution in [2.75, 3.05) is 68.9 Å². The molecule has 0 aliphatic carbocycles. The summed E-state index contributed by atoms with van der Waals surface area (Å²) in [5, 5.41) is 7.83. The number of carbonyl (C=O) groups is 3. The Balaban J connectivity index is 0.00000378. The van der Waals surface area contributed by atoms with Crippen LogP contribution < -0.4 is 29.6 Å². The number of ether oxygens (including phenoxy) is 2. The number of nitrogens with zero attached hydrogens (tertiary/aromatic N) is 4. The van der Waals surface area contributed by atoms with E-state index in [1.165, 1.54) is 24.1 Å². The van der Waals surface area contributed by atoms with Gasteiger partial charge in [-0.25, -0.2) is 14.8 Å². The first-order valence-corrected chi connectivity index (χ1v) is 18.1. The highest BCUT2D eigenvalue weighted by Gasteiger charge is 2.22. The van der Waals surface area contributed by atoms with Crippen molar-refractivity contribution in [2.45, 2.75) is 32.6 Å². The van der Waals surface area contributed by atoms with Gasteiger partial charge in [0.05, 0.1) is 36.2 Å². The number of amides is 3. The normalized spacial score (nSPS) is 13.0. The van der Waals surface area contributed by atoms with Crippen molar-refractivity contribution in [1.82, 2.24) is 19.8 Å². The number of aromatic nitrogens is 2. The Kier molecular flexibility index (Phi) is 15.3. The number of rotatable bonds is 14. The van der Waals surface area contributed by atoms with Gasteiger partial charge in [0, 0.05) is 45.2 Å². The van der Waals surface area contributed by atoms with Gasteiger partial charge in [-0.05, 0) is 81.3 Å². The van der Waals surface area contributed by atoms with Crippen LogP contribution in [0.4, 0.5) is 17.3 Å². The van der Waals surface area contributed by atoms with Gasteiger partial charge in [0.15, 0.2) is 0 Å². The van der Waals surface area contributed by atoms with E-state index in [1.54, 1.807) is 31.3 Å². The Morgan fingerprint density at radius 3 is 2.42 bits per heavy atom. The van der Waals surface area contributed by atoms with E-state index in [0.29, 0.717) is 41.2 Å². The monoisotopic (exact) mass is 792 g/mol. The lowest BCUT2D eigenvalue weighted by Crippen LogP contribution is -2.47. The van der Waals surface area contributed by atoms with Crippen LogP contribution in [0.5, 0.6) is 11.5 Å². The predicted molar refractivity (Wildman–Crippen MR) is 210 cm³/mol. The number of methoxy groups -OCH3 is 1. The minimum atomic E-state index is -4.08. The molecule has 1 aliphatic rings. The number of H-pyrrole nitrogens is 1. The number of aromatic amines is 1. The van der Waals surface area contributed by atoms with Crippen molar-refractivity contribution in [3.8, 4) is 11.5 Å². The fraction of sp³-hybridized carbons (Fsp3) is 0.371. The van der Waals surface area contributed by atoms with Crippen molar-refractivity contribution < 1.29 is 32.3 Å². The lowest BCUT2D eigenvalue weighted by Gasteiger charge is -2.32. The van der Waals surface area contributed by atoms with E-state index in [4.69, 9.17) is 14.6 Å². The number of piperazine rings is 1. The molecule has 5 N–H and O–H groups in total. The number of unbranched alkanes of at least 4 members (excludes halogenated alkanes) is 2. The molecule has 1 aliphatic heterocycles. The standard InChI is InChI=1S/C35H44N8O7S.2ClH/c1-23-12-15-28(30(21-23)50-20-7-5-6-11-31(44)43-18-16-41(2)17-19-43)42(3)34(46)24-13-14-26(29(22-24)49-4)37-33(45)25-9-8-10-27-32(25)39-35(38-27)40-51(36,47)48;;/h8-10,12-15,21-22H,5-7,11,16-20H2,1-4H3,(H,37,45)(H2,36,47,48)(H2,38,39,40);2*1H. The van der Waals surface area contributed by atoms with Crippen LogP contribution in [-0.4, -0.2) is 99.9 Å². The molecule has 0 spiro atoms. The minimum absolute atomic E-state index is 0. The number of fused-ring (bicyclic) bond motifs is 1. The van der Waals surface area contributed by atoms with Crippen molar-refractivity contribution >= 4 is 81.1 Å². The molecule has 0 saturated carbocycles. The number of aryl methyl sites for hydroxylation is 1. The number of para-hydroxylation sites is 1. The van der Waals surface area contributed by atoms with Crippen molar-refractivity contribution in [1.29, 1.82) is 0 Å². The van der Waals surface area contributed by atoms with Crippen molar-refractivity contribution in [2.24, 2.45) is 5.14 Å². The third-order valence-electron chi connectivity index (χ3n) is 8.62. The van der Waals surface area contributed by atoms with Gasteiger partial charge in [0.1, 0.15) is 17.0 Å². The molecule has 15 nitrogen and oxygen atoms in total. The van der Waals surface area contributed by atoms with Crippen LogP contribution in [0.3, 0.4) is 0 Å². The zero-order chi connectivity index (χ0) is 36.7. The summed E-state index contributed by atoms with van der Waals surface area (Å²) in [7, 11) is 1.08. The van der Waals surface area contributed by atoms with E-state index in [-0.39, 0.29) is 59.4 Å². The molecule has 1 aromatic heterocycles. The molecule has 3 aromatic carbocycles. The first kappa shape index (κ1) is 42.8.